The van der Waals surface area contributed by atoms with Gasteiger partial charge in [-0.15, -0.1) is 0 Å². The summed E-state index contributed by atoms with van der Waals surface area (Å²) < 4.78 is 19.0. The smallest absolute Gasteiger partial charge is 0.327 e. The summed E-state index contributed by atoms with van der Waals surface area (Å²) in [4.78, 5) is 11.9. The maximum Gasteiger partial charge on any atom is 0.327 e. The van der Waals surface area contributed by atoms with Gasteiger partial charge in [0.05, 0.1) is 5.56 Å². The molecule has 0 unspecified atom stereocenters. The molecule has 0 spiro atoms. The highest BCUT2D eigenvalue weighted by atomic mass is 28.4. The Kier molecular flexibility index (Phi) is 3.77. The molecule has 0 aromatic heterocycles. The predicted molar refractivity (Wildman–Crippen MR) is 69.0 cm³/mol. The van der Waals surface area contributed by atoms with Crippen LogP contribution in [0.1, 0.15) is 31.1 Å². The van der Waals surface area contributed by atoms with E-state index < -0.39 is 20.1 Å². The summed E-state index contributed by atoms with van der Waals surface area (Å²) in [5, 5.41) is -0.0755. The topological polar surface area (TPSA) is 26.3 Å². The van der Waals surface area contributed by atoms with Gasteiger partial charge in [0.2, 0.25) is 0 Å². The van der Waals surface area contributed by atoms with Gasteiger partial charge in [-0.25, -0.2) is 9.18 Å². The van der Waals surface area contributed by atoms with E-state index in [1.54, 1.807) is 12.1 Å². The summed E-state index contributed by atoms with van der Waals surface area (Å²) >= 11 is 0. The third-order valence-corrected chi connectivity index (χ3v) is 7.56. The summed E-state index contributed by atoms with van der Waals surface area (Å²) in [5.41, 5.74) is 0.0114. The van der Waals surface area contributed by atoms with Crippen molar-refractivity contribution in [3.05, 3.63) is 35.6 Å². The molecule has 0 aliphatic heterocycles. The lowest BCUT2D eigenvalue weighted by Crippen LogP contribution is -2.42. The Bertz CT molecular complexity index is 422. The SMILES string of the molecule is CC(C)(C)[Si](C)(C)OC(=O)c1ccccc1F. The molecule has 1 aromatic rings. The van der Waals surface area contributed by atoms with Crippen LogP contribution in [0.25, 0.3) is 0 Å². The number of benzene rings is 1. The molecule has 17 heavy (non-hydrogen) atoms. The standard InChI is InChI=1S/C13H19FO2Si/c1-13(2,3)17(4,5)16-12(15)10-8-6-7-9-11(10)14/h6-9H,1-5H3. The number of hydrogen-bond acceptors (Lipinski definition) is 2. The van der Waals surface area contributed by atoms with E-state index in [1.165, 1.54) is 12.1 Å². The van der Waals surface area contributed by atoms with E-state index in [1.807, 2.05) is 33.9 Å². The van der Waals surface area contributed by atoms with E-state index in [4.69, 9.17) is 4.43 Å². The quantitative estimate of drug-likeness (QED) is 0.746. The fraction of sp³-hybridized carbons (Fsp3) is 0.462. The van der Waals surface area contributed by atoms with Gasteiger partial charge in [0.1, 0.15) is 5.82 Å². The first-order valence-corrected chi connectivity index (χ1v) is 8.54. The summed E-state index contributed by atoms with van der Waals surface area (Å²) in [5.74, 6) is -1.09. The Balaban J connectivity index is 2.92. The van der Waals surface area contributed by atoms with Crippen molar-refractivity contribution in [2.45, 2.75) is 38.9 Å². The second-order valence-electron chi connectivity index (χ2n) is 5.63. The highest BCUT2D eigenvalue weighted by molar-refractivity contribution is 6.75. The summed E-state index contributed by atoms with van der Waals surface area (Å²) in [6.45, 7) is 10.0. The molecule has 1 rings (SSSR count). The molecule has 2 nitrogen and oxygen atoms in total. The van der Waals surface area contributed by atoms with E-state index in [2.05, 4.69) is 0 Å². The number of halogens is 1. The van der Waals surface area contributed by atoms with Crippen molar-refractivity contribution in [2.75, 3.05) is 0 Å². The molecule has 0 aliphatic rings. The van der Waals surface area contributed by atoms with Crippen LogP contribution in [-0.4, -0.2) is 14.3 Å². The molecule has 0 heterocycles. The van der Waals surface area contributed by atoms with Gasteiger partial charge in [-0.2, -0.15) is 0 Å². The largest absolute Gasteiger partial charge is 0.516 e. The maximum absolute atomic E-state index is 13.4. The molecule has 0 saturated heterocycles. The van der Waals surface area contributed by atoms with Crippen LogP contribution in [0, 0.1) is 5.82 Å². The number of rotatable bonds is 2. The number of carbonyl (C=O) groups is 1. The van der Waals surface area contributed by atoms with Gasteiger partial charge < -0.3 is 4.43 Å². The highest BCUT2D eigenvalue weighted by Crippen LogP contribution is 2.37. The molecule has 0 radical (unpaired) electrons. The summed E-state index contributed by atoms with van der Waals surface area (Å²) in [6.07, 6.45) is 0. The summed E-state index contributed by atoms with van der Waals surface area (Å²) in [7, 11) is -2.19. The zero-order chi connectivity index (χ0) is 13.3. The lowest BCUT2D eigenvalue weighted by Gasteiger charge is -2.35. The van der Waals surface area contributed by atoms with Crippen LogP contribution in [-0.2, 0) is 4.43 Å². The van der Waals surface area contributed by atoms with Crippen LogP contribution in [0.3, 0.4) is 0 Å². The Morgan fingerprint density at radius 3 is 2.24 bits per heavy atom. The van der Waals surface area contributed by atoms with E-state index >= 15 is 0 Å². The average Bonchev–Trinajstić information content (AvgIpc) is 2.15. The highest BCUT2D eigenvalue weighted by Gasteiger charge is 2.40. The lowest BCUT2D eigenvalue weighted by molar-refractivity contribution is 0.0707. The van der Waals surface area contributed by atoms with E-state index in [0.29, 0.717) is 0 Å². The Hall–Kier alpha value is -1.16. The second kappa shape index (κ2) is 4.60. The van der Waals surface area contributed by atoms with Gasteiger partial charge in [0.25, 0.3) is 8.32 Å². The normalized spacial score (nSPS) is 12.4. The number of hydrogen-bond donors (Lipinski definition) is 0. The lowest BCUT2D eigenvalue weighted by atomic mass is 10.2. The summed E-state index contributed by atoms with van der Waals surface area (Å²) in [6, 6.07) is 5.90. The minimum Gasteiger partial charge on any atom is -0.516 e. The molecular weight excluding hydrogens is 235 g/mol. The van der Waals surface area contributed by atoms with Gasteiger partial charge in [-0.1, -0.05) is 32.9 Å². The Labute approximate surface area is 103 Å². The maximum atomic E-state index is 13.4. The third kappa shape index (κ3) is 3.16. The van der Waals surface area contributed by atoms with Crippen molar-refractivity contribution in [3.8, 4) is 0 Å². The predicted octanol–water partition coefficient (Wildman–Crippen LogP) is 3.99. The van der Waals surface area contributed by atoms with Gasteiger partial charge in [0.15, 0.2) is 0 Å². The molecule has 0 atom stereocenters. The van der Waals surface area contributed by atoms with Gasteiger partial charge in [-0.3, -0.25) is 0 Å². The molecule has 0 fully saturated rings. The van der Waals surface area contributed by atoms with E-state index in [0.717, 1.165) is 0 Å². The fourth-order valence-electron chi connectivity index (χ4n) is 1.07. The van der Waals surface area contributed by atoms with Crippen LogP contribution in [0.5, 0.6) is 0 Å². The zero-order valence-corrected chi connectivity index (χ0v) is 12.0. The fourth-order valence-corrected chi connectivity index (χ4v) is 1.95. The van der Waals surface area contributed by atoms with Crippen molar-refractivity contribution >= 4 is 14.3 Å². The monoisotopic (exact) mass is 254 g/mol. The minimum absolute atomic E-state index is 0.0114. The molecular formula is C13H19FO2Si. The van der Waals surface area contributed by atoms with Gasteiger partial charge in [0, 0.05) is 0 Å². The van der Waals surface area contributed by atoms with Crippen LogP contribution < -0.4 is 0 Å². The molecule has 0 amide bonds. The zero-order valence-electron chi connectivity index (χ0n) is 11.0. The second-order valence-corrected chi connectivity index (χ2v) is 10.4. The first kappa shape index (κ1) is 13.9. The first-order chi connectivity index (χ1) is 7.65. The molecule has 0 aliphatic carbocycles. The molecule has 0 saturated carbocycles. The van der Waals surface area contributed by atoms with Crippen LogP contribution in [0.4, 0.5) is 4.39 Å². The number of carbonyl (C=O) groups excluding carboxylic acids is 1. The average molecular weight is 254 g/mol. The van der Waals surface area contributed by atoms with Gasteiger partial charge >= 0.3 is 5.97 Å². The Morgan fingerprint density at radius 1 is 1.24 bits per heavy atom. The van der Waals surface area contributed by atoms with Crippen LogP contribution in [0.2, 0.25) is 18.1 Å². The van der Waals surface area contributed by atoms with Crippen molar-refractivity contribution in [1.29, 1.82) is 0 Å². The van der Waals surface area contributed by atoms with E-state index in [9.17, 15) is 9.18 Å². The van der Waals surface area contributed by atoms with Crippen molar-refractivity contribution in [1.82, 2.24) is 0 Å². The van der Waals surface area contributed by atoms with E-state index in [-0.39, 0.29) is 10.6 Å². The molecule has 0 N–H and O–H groups in total. The molecule has 94 valence electrons. The third-order valence-electron chi connectivity index (χ3n) is 3.25. The molecule has 4 heteroatoms. The minimum atomic E-state index is -2.19. The van der Waals surface area contributed by atoms with Crippen LogP contribution >= 0.6 is 0 Å². The van der Waals surface area contributed by atoms with Crippen LogP contribution in [0.15, 0.2) is 24.3 Å². The molecule has 0 bridgehead atoms. The molecule has 1 aromatic carbocycles. The van der Waals surface area contributed by atoms with Gasteiger partial charge in [-0.05, 0) is 30.3 Å². The Morgan fingerprint density at radius 2 is 1.76 bits per heavy atom. The van der Waals surface area contributed by atoms with Crippen molar-refractivity contribution in [3.63, 3.8) is 0 Å². The van der Waals surface area contributed by atoms with Crippen molar-refractivity contribution < 1.29 is 13.6 Å². The van der Waals surface area contributed by atoms with Crippen molar-refractivity contribution in [2.24, 2.45) is 0 Å². The first-order valence-electron chi connectivity index (χ1n) is 5.63.